The monoisotopic (exact) mass is 244 g/mol. The largest absolute Gasteiger partial charge is 0.0610 e. The lowest BCUT2D eigenvalue weighted by Crippen LogP contribution is -2.02. The lowest BCUT2D eigenvalue weighted by atomic mass is 9.82. The first-order valence-electron chi connectivity index (χ1n) is 6.85. The molecule has 0 fully saturated rings. The van der Waals surface area contributed by atoms with Gasteiger partial charge in [0.1, 0.15) is 0 Å². The molecule has 4 rings (SSSR count). The Morgan fingerprint density at radius 2 is 1.68 bits per heavy atom. The Hall–Kier alpha value is -2.08. The fraction of sp³-hybridized carbons (Fsp3) is 0.158. The molecule has 1 aliphatic carbocycles. The molecule has 0 heteroatoms. The Labute approximate surface area is 113 Å². The molecule has 0 atom stereocenters. The van der Waals surface area contributed by atoms with Crippen molar-refractivity contribution in [2.24, 2.45) is 0 Å². The molecule has 1 aliphatic rings. The third-order valence-corrected chi connectivity index (χ3v) is 4.28. The van der Waals surface area contributed by atoms with Crippen molar-refractivity contribution in [2.75, 3.05) is 0 Å². The van der Waals surface area contributed by atoms with Gasteiger partial charge in [-0.3, -0.25) is 0 Å². The van der Waals surface area contributed by atoms with Crippen molar-refractivity contribution in [3.05, 3.63) is 70.8 Å². The summed E-state index contributed by atoms with van der Waals surface area (Å²) >= 11 is 0. The van der Waals surface area contributed by atoms with Crippen LogP contribution >= 0.6 is 0 Å². The molecule has 0 heterocycles. The summed E-state index contributed by atoms with van der Waals surface area (Å²) in [6.07, 6.45) is 1.06. The zero-order valence-electron chi connectivity index (χ0n) is 11.3. The van der Waals surface area contributed by atoms with E-state index in [0.29, 0.717) is 0 Å². The maximum atomic E-state index is 2.33. The van der Waals surface area contributed by atoms with Gasteiger partial charge < -0.3 is 0 Å². The molecular weight excluding hydrogens is 228 g/mol. The summed E-state index contributed by atoms with van der Waals surface area (Å²) in [6.45, 7) is 4.37. The molecule has 0 bridgehead atoms. The summed E-state index contributed by atoms with van der Waals surface area (Å²) in [7, 11) is 0. The highest BCUT2D eigenvalue weighted by molar-refractivity contribution is 6.03. The van der Waals surface area contributed by atoms with E-state index in [4.69, 9.17) is 0 Å². The van der Waals surface area contributed by atoms with E-state index in [1.807, 2.05) is 0 Å². The SMILES string of the molecule is Cc1ccc2c(c1)Cc1ccc(C)c3cccc-2c13. The summed E-state index contributed by atoms with van der Waals surface area (Å²) in [5, 5.41) is 2.86. The van der Waals surface area contributed by atoms with Gasteiger partial charge in [-0.25, -0.2) is 0 Å². The number of hydrogen-bond acceptors (Lipinski definition) is 0. The highest BCUT2D eigenvalue weighted by Crippen LogP contribution is 2.40. The van der Waals surface area contributed by atoms with Crippen LogP contribution in [0.1, 0.15) is 22.3 Å². The van der Waals surface area contributed by atoms with E-state index in [9.17, 15) is 0 Å². The molecule has 3 aromatic rings. The number of benzene rings is 3. The number of aryl methyl sites for hydroxylation is 2. The number of hydrogen-bond donors (Lipinski definition) is 0. The average Bonchev–Trinajstić information content (AvgIpc) is 2.42. The molecule has 0 spiro atoms. The predicted molar refractivity (Wildman–Crippen MR) is 81.7 cm³/mol. The molecule has 0 unspecified atom stereocenters. The van der Waals surface area contributed by atoms with E-state index < -0.39 is 0 Å². The minimum Gasteiger partial charge on any atom is -0.0610 e. The minimum atomic E-state index is 1.06. The first-order valence-corrected chi connectivity index (χ1v) is 6.85. The van der Waals surface area contributed by atoms with E-state index in [0.717, 1.165) is 6.42 Å². The molecular formula is C19H16. The van der Waals surface area contributed by atoms with Crippen LogP contribution in [0.3, 0.4) is 0 Å². The summed E-state index contributed by atoms with van der Waals surface area (Å²) in [5.74, 6) is 0. The normalized spacial score (nSPS) is 12.5. The molecule has 0 saturated heterocycles. The molecule has 0 nitrogen and oxygen atoms in total. The minimum absolute atomic E-state index is 1.06. The van der Waals surface area contributed by atoms with Crippen LogP contribution in [-0.2, 0) is 6.42 Å². The van der Waals surface area contributed by atoms with Crippen LogP contribution in [0.15, 0.2) is 48.5 Å². The molecule has 19 heavy (non-hydrogen) atoms. The summed E-state index contributed by atoms with van der Waals surface area (Å²) in [5.41, 5.74) is 8.46. The van der Waals surface area contributed by atoms with Gasteiger partial charge in [0, 0.05) is 0 Å². The van der Waals surface area contributed by atoms with Gasteiger partial charge in [0.05, 0.1) is 0 Å². The fourth-order valence-electron chi connectivity index (χ4n) is 3.33. The Balaban J connectivity index is 2.17. The standard InChI is InChI=1S/C19H16/c1-12-6-9-17-15(10-12)11-14-8-7-13(2)16-4-3-5-18(17)19(14)16/h3-10H,11H2,1-2H3. The summed E-state index contributed by atoms with van der Waals surface area (Å²) in [4.78, 5) is 0. The van der Waals surface area contributed by atoms with Gasteiger partial charge in [-0.1, -0.05) is 54.1 Å². The van der Waals surface area contributed by atoms with Gasteiger partial charge in [-0.15, -0.1) is 0 Å². The van der Waals surface area contributed by atoms with Gasteiger partial charge in [-0.2, -0.15) is 0 Å². The first-order chi connectivity index (χ1) is 9.24. The van der Waals surface area contributed by atoms with Crippen molar-refractivity contribution < 1.29 is 0 Å². The van der Waals surface area contributed by atoms with Gasteiger partial charge in [-0.05, 0) is 58.9 Å². The zero-order valence-corrected chi connectivity index (χ0v) is 11.3. The molecule has 92 valence electrons. The van der Waals surface area contributed by atoms with E-state index in [2.05, 4.69) is 62.4 Å². The quantitative estimate of drug-likeness (QED) is 0.407. The molecule has 3 aromatic carbocycles. The van der Waals surface area contributed by atoms with Crippen LogP contribution in [0, 0.1) is 13.8 Å². The molecule has 0 N–H and O–H groups in total. The van der Waals surface area contributed by atoms with Crippen molar-refractivity contribution >= 4 is 10.8 Å². The summed E-state index contributed by atoms with van der Waals surface area (Å²) < 4.78 is 0. The third-order valence-electron chi connectivity index (χ3n) is 4.28. The van der Waals surface area contributed by atoms with Gasteiger partial charge in [0.15, 0.2) is 0 Å². The van der Waals surface area contributed by atoms with E-state index in [-0.39, 0.29) is 0 Å². The van der Waals surface area contributed by atoms with Crippen LogP contribution < -0.4 is 0 Å². The second-order valence-electron chi connectivity index (χ2n) is 5.61. The van der Waals surface area contributed by atoms with Gasteiger partial charge in [0.25, 0.3) is 0 Å². The van der Waals surface area contributed by atoms with Gasteiger partial charge in [0.2, 0.25) is 0 Å². The second-order valence-corrected chi connectivity index (χ2v) is 5.61. The van der Waals surface area contributed by atoms with Crippen LogP contribution in [0.25, 0.3) is 21.9 Å². The summed E-state index contributed by atoms with van der Waals surface area (Å²) in [6, 6.07) is 18.1. The molecule has 0 aliphatic heterocycles. The number of rotatable bonds is 0. The Kier molecular flexibility index (Phi) is 2.11. The lowest BCUT2D eigenvalue weighted by Gasteiger charge is -2.22. The predicted octanol–water partition coefficient (Wildman–Crippen LogP) is 5.03. The second kappa shape index (κ2) is 3.71. The van der Waals surface area contributed by atoms with E-state index in [1.54, 1.807) is 0 Å². The van der Waals surface area contributed by atoms with Crippen molar-refractivity contribution in [3.63, 3.8) is 0 Å². The maximum Gasteiger partial charge on any atom is -0.00131 e. The van der Waals surface area contributed by atoms with Crippen LogP contribution in [0.2, 0.25) is 0 Å². The first kappa shape index (κ1) is 10.8. The van der Waals surface area contributed by atoms with Crippen molar-refractivity contribution in [2.45, 2.75) is 20.3 Å². The van der Waals surface area contributed by atoms with Crippen molar-refractivity contribution in [1.82, 2.24) is 0 Å². The Morgan fingerprint density at radius 1 is 0.789 bits per heavy atom. The van der Waals surface area contributed by atoms with E-state index >= 15 is 0 Å². The molecule has 0 amide bonds. The van der Waals surface area contributed by atoms with Crippen molar-refractivity contribution in [1.29, 1.82) is 0 Å². The third kappa shape index (κ3) is 1.46. The Bertz CT molecular complexity index is 810. The smallest absolute Gasteiger partial charge is 0.00131 e. The fourth-order valence-corrected chi connectivity index (χ4v) is 3.33. The van der Waals surface area contributed by atoms with E-state index in [1.165, 1.54) is 44.2 Å². The maximum absolute atomic E-state index is 2.33. The zero-order chi connectivity index (χ0) is 13.0. The Morgan fingerprint density at radius 3 is 2.58 bits per heavy atom. The molecule has 0 radical (unpaired) electrons. The average molecular weight is 244 g/mol. The topological polar surface area (TPSA) is 0 Å². The molecule has 0 aromatic heterocycles. The number of fused-ring (bicyclic) bond motifs is 2. The van der Waals surface area contributed by atoms with Crippen LogP contribution in [0.4, 0.5) is 0 Å². The molecule has 0 saturated carbocycles. The highest BCUT2D eigenvalue weighted by atomic mass is 14.2. The lowest BCUT2D eigenvalue weighted by molar-refractivity contribution is 1.18. The highest BCUT2D eigenvalue weighted by Gasteiger charge is 2.18. The van der Waals surface area contributed by atoms with Crippen molar-refractivity contribution in [3.8, 4) is 11.1 Å². The van der Waals surface area contributed by atoms with Crippen LogP contribution in [-0.4, -0.2) is 0 Å². The van der Waals surface area contributed by atoms with Crippen LogP contribution in [0.5, 0.6) is 0 Å². The van der Waals surface area contributed by atoms with Gasteiger partial charge >= 0.3 is 0 Å².